The van der Waals surface area contributed by atoms with Crippen LogP contribution in [-0.4, -0.2) is 0 Å². The van der Waals surface area contributed by atoms with E-state index in [0.717, 1.165) is 0 Å². The minimum Gasteiger partial charge on any atom is -0.0578 e. The second kappa shape index (κ2) is 2.12. The normalized spacial score (nSPS) is 29.3. The van der Waals surface area contributed by atoms with Crippen LogP contribution in [0, 0.1) is 5.41 Å². The quantitative estimate of drug-likeness (QED) is 0.507. The number of allylic oxidation sites excluding steroid dienone is 6. The molecule has 0 N–H and O–H groups in total. The van der Waals surface area contributed by atoms with Crippen molar-refractivity contribution in [2.45, 2.75) is 32.1 Å². The molecule has 1 fully saturated rings. The van der Waals surface area contributed by atoms with E-state index in [1.807, 2.05) is 0 Å². The zero-order chi connectivity index (χ0) is 8.02. The standard InChI is InChI=1S/C12H14/c1-2-8-12(9-3-1)10-4-5-11(12)7-6-10/h4-7H,1-3,8-9H2. The summed E-state index contributed by atoms with van der Waals surface area (Å²) in [6.07, 6.45) is 16.4. The van der Waals surface area contributed by atoms with E-state index in [1.165, 1.54) is 32.1 Å². The molecule has 0 amide bonds. The van der Waals surface area contributed by atoms with Crippen LogP contribution in [0.4, 0.5) is 0 Å². The first kappa shape index (κ1) is 6.71. The van der Waals surface area contributed by atoms with Gasteiger partial charge in [0.05, 0.1) is 0 Å². The Kier molecular flexibility index (Phi) is 1.19. The number of rotatable bonds is 0. The van der Waals surface area contributed by atoms with E-state index in [9.17, 15) is 0 Å². The molecule has 0 saturated heterocycles. The van der Waals surface area contributed by atoms with Crippen LogP contribution in [0.3, 0.4) is 0 Å². The summed E-state index contributed by atoms with van der Waals surface area (Å²) in [6.45, 7) is 0. The van der Waals surface area contributed by atoms with Gasteiger partial charge < -0.3 is 0 Å². The first-order valence-corrected chi connectivity index (χ1v) is 5.03. The van der Waals surface area contributed by atoms with E-state index in [0.29, 0.717) is 5.41 Å². The molecule has 62 valence electrons. The smallest absolute Gasteiger partial charge is 0.0202 e. The van der Waals surface area contributed by atoms with Crippen molar-refractivity contribution in [3.8, 4) is 0 Å². The summed E-state index contributed by atoms with van der Waals surface area (Å²) in [5.41, 5.74) is 3.70. The van der Waals surface area contributed by atoms with E-state index in [-0.39, 0.29) is 0 Å². The molecule has 2 bridgehead atoms. The lowest BCUT2D eigenvalue weighted by atomic mass is 9.70. The fourth-order valence-corrected chi connectivity index (χ4v) is 3.01. The molecule has 0 nitrogen and oxygen atoms in total. The van der Waals surface area contributed by atoms with Gasteiger partial charge in [-0.1, -0.05) is 43.6 Å². The van der Waals surface area contributed by atoms with Crippen LogP contribution in [0.2, 0.25) is 0 Å². The minimum absolute atomic E-state index is 0.512. The molecule has 0 unspecified atom stereocenters. The van der Waals surface area contributed by atoms with E-state index in [2.05, 4.69) is 24.3 Å². The predicted octanol–water partition coefficient (Wildman–Crippen LogP) is 3.37. The summed E-state index contributed by atoms with van der Waals surface area (Å²) in [6, 6.07) is 0. The van der Waals surface area contributed by atoms with Gasteiger partial charge in [-0.05, 0) is 24.0 Å². The Morgan fingerprint density at radius 1 is 0.833 bits per heavy atom. The molecular formula is C12H14. The van der Waals surface area contributed by atoms with Crippen LogP contribution in [0.5, 0.6) is 0 Å². The second-order valence-corrected chi connectivity index (χ2v) is 4.22. The highest BCUT2D eigenvalue weighted by molar-refractivity contribution is 5.57. The van der Waals surface area contributed by atoms with Crippen LogP contribution in [0.15, 0.2) is 35.5 Å². The van der Waals surface area contributed by atoms with Gasteiger partial charge >= 0.3 is 0 Å². The van der Waals surface area contributed by atoms with Crippen molar-refractivity contribution in [2.24, 2.45) is 5.41 Å². The molecule has 1 saturated carbocycles. The van der Waals surface area contributed by atoms with Crippen molar-refractivity contribution in [3.05, 3.63) is 35.5 Å². The van der Waals surface area contributed by atoms with Gasteiger partial charge in [0, 0.05) is 5.41 Å². The van der Waals surface area contributed by atoms with E-state index < -0.39 is 0 Å². The van der Waals surface area contributed by atoms with Crippen molar-refractivity contribution < 1.29 is 0 Å². The Morgan fingerprint density at radius 3 is 1.92 bits per heavy atom. The largest absolute Gasteiger partial charge is 0.0578 e. The lowest BCUT2D eigenvalue weighted by Gasteiger charge is -2.34. The van der Waals surface area contributed by atoms with Gasteiger partial charge in [0.2, 0.25) is 0 Å². The maximum absolute atomic E-state index is 2.32. The minimum atomic E-state index is 0.512. The van der Waals surface area contributed by atoms with Crippen molar-refractivity contribution in [1.29, 1.82) is 0 Å². The number of hydrogen-bond acceptors (Lipinski definition) is 0. The molecule has 3 aliphatic carbocycles. The lowest BCUT2D eigenvalue weighted by molar-refractivity contribution is 0.311. The van der Waals surface area contributed by atoms with Crippen LogP contribution in [0.1, 0.15) is 32.1 Å². The molecule has 3 rings (SSSR count). The zero-order valence-corrected chi connectivity index (χ0v) is 7.34. The highest BCUT2D eigenvalue weighted by atomic mass is 14.5. The Hall–Kier alpha value is -0.780. The van der Waals surface area contributed by atoms with Crippen LogP contribution < -0.4 is 0 Å². The average molecular weight is 158 g/mol. The summed E-state index contributed by atoms with van der Waals surface area (Å²) in [7, 11) is 0. The third-order valence-corrected chi connectivity index (χ3v) is 3.70. The third-order valence-electron chi connectivity index (χ3n) is 3.70. The molecule has 1 spiro atoms. The van der Waals surface area contributed by atoms with Gasteiger partial charge in [-0.2, -0.15) is 0 Å². The van der Waals surface area contributed by atoms with Gasteiger partial charge in [0.15, 0.2) is 0 Å². The Morgan fingerprint density at radius 2 is 1.42 bits per heavy atom. The summed E-state index contributed by atoms with van der Waals surface area (Å²) >= 11 is 0. The average Bonchev–Trinajstić information content (AvgIpc) is 2.63. The Bertz CT molecular complexity index is 272. The van der Waals surface area contributed by atoms with E-state index >= 15 is 0 Å². The van der Waals surface area contributed by atoms with Gasteiger partial charge in [-0.15, -0.1) is 0 Å². The van der Waals surface area contributed by atoms with Gasteiger partial charge in [-0.3, -0.25) is 0 Å². The molecule has 0 atom stereocenters. The molecule has 3 aliphatic rings. The van der Waals surface area contributed by atoms with Crippen molar-refractivity contribution in [1.82, 2.24) is 0 Å². The molecule has 0 heterocycles. The summed E-state index contributed by atoms with van der Waals surface area (Å²) < 4.78 is 0. The highest BCUT2D eigenvalue weighted by Gasteiger charge is 2.41. The first-order valence-electron chi connectivity index (χ1n) is 5.03. The van der Waals surface area contributed by atoms with Crippen LogP contribution >= 0.6 is 0 Å². The lowest BCUT2D eigenvalue weighted by Crippen LogP contribution is -2.22. The van der Waals surface area contributed by atoms with Gasteiger partial charge in [-0.25, -0.2) is 0 Å². The molecule has 12 heavy (non-hydrogen) atoms. The fraction of sp³-hybridized carbons (Fsp3) is 0.500. The maximum atomic E-state index is 2.32. The molecule has 0 radical (unpaired) electrons. The van der Waals surface area contributed by atoms with Crippen molar-refractivity contribution >= 4 is 0 Å². The van der Waals surface area contributed by atoms with Crippen molar-refractivity contribution in [2.75, 3.05) is 0 Å². The maximum Gasteiger partial charge on any atom is 0.0202 e. The molecule has 0 heteroatoms. The summed E-state index contributed by atoms with van der Waals surface area (Å²) in [5, 5.41) is 0. The third kappa shape index (κ3) is 0.639. The molecule has 0 aliphatic heterocycles. The van der Waals surface area contributed by atoms with Crippen molar-refractivity contribution in [3.63, 3.8) is 0 Å². The molecular weight excluding hydrogens is 144 g/mol. The van der Waals surface area contributed by atoms with Gasteiger partial charge in [0.1, 0.15) is 0 Å². The Labute approximate surface area is 73.7 Å². The topological polar surface area (TPSA) is 0 Å². The highest BCUT2D eigenvalue weighted by Crippen LogP contribution is 2.55. The SMILES string of the molecule is C1=CC2=CC=C1C21CCCCC1. The monoisotopic (exact) mass is 158 g/mol. The Balaban J connectivity index is 2.03. The van der Waals surface area contributed by atoms with Gasteiger partial charge in [0.25, 0.3) is 0 Å². The summed E-state index contributed by atoms with van der Waals surface area (Å²) in [4.78, 5) is 0. The van der Waals surface area contributed by atoms with Crippen LogP contribution in [0.25, 0.3) is 0 Å². The predicted molar refractivity (Wildman–Crippen MR) is 50.8 cm³/mol. The van der Waals surface area contributed by atoms with Crippen LogP contribution in [-0.2, 0) is 0 Å². The second-order valence-electron chi connectivity index (χ2n) is 4.22. The molecule has 0 aromatic rings. The first-order chi connectivity index (χ1) is 5.92. The fourth-order valence-electron chi connectivity index (χ4n) is 3.01. The molecule has 0 aromatic carbocycles. The summed E-state index contributed by atoms with van der Waals surface area (Å²) in [5.74, 6) is 0. The van der Waals surface area contributed by atoms with E-state index in [4.69, 9.17) is 0 Å². The van der Waals surface area contributed by atoms with E-state index in [1.54, 1.807) is 11.1 Å². The molecule has 0 aromatic heterocycles. The zero-order valence-electron chi connectivity index (χ0n) is 7.34. The number of hydrogen-bond donors (Lipinski definition) is 0.